The van der Waals surface area contributed by atoms with E-state index in [1.807, 2.05) is 26.0 Å². The van der Waals surface area contributed by atoms with E-state index in [0.29, 0.717) is 12.3 Å². The minimum Gasteiger partial charge on any atom is -0.398 e. The first kappa shape index (κ1) is 12.9. The average Bonchev–Trinajstić information content (AvgIpc) is 2.37. The van der Waals surface area contributed by atoms with Crippen molar-refractivity contribution in [3.63, 3.8) is 0 Å². The normalized spacial score (nSPS) is 19.6. The van der Waals surface area contributed by atoms with Gasteiger partial charge in [-0.3, -0.25) is 4.79 Å². The molecule has 1 aromatic rings. The van der Waals surface area contributed by atoms with E-state index < -0.39 is 0 Å². The van der Waals surface area contributed by atoms with Crippen molar-refractivity contribution in [1.29, 1.82) is 0 Å². The number of rotatable bonds is 2. The lowest BCUT2D eigenvalue weighted by Crippen LogP contribution is -2.30. The van der Waals surface area contributed by atoms with E-state index in [1.165, 1.54) is 0 Å². The molecular weight excluding hydrogens is 228 g/mol. The van der Waals surface area contributed by atoms with Gasteiger partial charge >= 0.3 is 0 Å². The molecule has 1 aliphatic rings. The molecule has 1 atom stereocenters. The zero-order chi connectivity index (χ0) is 13.1. The summed E-state index contributed by atoms with van der Waals surface area (Å²) in [6.45, 7) is 5.22. The molecule has 98 valence electrons. The van der Waals surface area contributed by atoms with Crippen molar-refractivity contribution in [1.82, 2.24) is 0 Å². The maximum Gasteiger partial charge on any atom is 0.229 e. The fourth-order valence-corrected chi connectivity index (χ4v) is 2.19. The van der Waals surface area contributed by atoms with Crippen LogP contribution in [-0.2, 0) is 9.53 Å². The molecule has 0 radical (unpaired) electrons. The number of carbonyl (C=O) groups is 1. The predicted octanol–water partition coefficient (Wildman–Crippen LogP) is 2.25. The fraction of sp³-hybridized carbons (Fsp3) is 0.500. The molecule has 0 saturated carbocycles. The first-order valence-corrected chi connectivity index (χ1v) is 6.33. The van der Waals surface area contributed by atoms with Crippen molar-refractivity contribution >= 4 is 17.3 Å². The molecule has 1 aliphatic heterocycles. The van der Waals surface area contributed by atoms with E-state index in [4.69, 9.17) is 10.5 Å². The van der Waals surface area contributed by atoms with Crippen LogP contribution in [0, 0.1) is 19.8 Å². The third-order valence-electron chi connectivity index (χ3n) is 3.40. The van der Waals surface area contributed by atoms with Gasteiger partial charge in [-0.25, -0.2) is 0 Å². The lowest BCUT2D eigenvalue weighted by Gasteiger charge is -2.22. The Morgan fingerprint density at radius 2 is 2.17 bits per heavy atom. The maximum atomic E-state index is 12.1. The Morgan fingerprint density at radius 3 is 2.83 bits per heavy atom. The minimum atomic E-state index is -0.0410. The van der Waals surface area contributed by atoms with E-state index in [-0.39, 0.29) is 11.8 Å². The van der Waals surface area contributed by atoms with E-state index in [9.17, 15) is 4.79 Å². The number of hydrogen-bond acceptors (Lipinski definition) is 3. The van der Waals surface area contributed by atoms with Gasteiger partial charge in [0.25, 0.3) is 0 Å². The molecule has 1 amide bonds. The summed E-state index contributed by atoms with van der Waals surface area (Å²) in [4.78, 5) is 12.1. The highest BCUT2D eigenvalue weighted by atomic mass is 16.5. The van der Waals surface area contributed by atoms with Gasteiger partial charge in [0.05, 0.1) is 12.5 Å². The molecule has 2 rings (SSSR count). The van der Waals surface area contributed by atoms with Gasteiger partial charge in [-0.05, 0) is 43.9 Å². The highest BCUT2D eigenvalue weighted by molar-refractivity contribution is 5.94. The molecule has 18 heavy (non-hydrogen) atoms. The van der Waals surface area contributed by atoms with Crippen LogP contribution in [0.1, 0.15) is 24.0 Å². The molecule has 0 bridgehead atoms. The van der Waals surface area contributed by atoms with Crippen LogP contribution in [0.3, 0.4) is 0 Å². The number of carbonyl (C=O) groups excluding carboxylic acids is 1. The average molecular weight is 248 g/mol. The van der Waals surface area contributed by atoms with Gasteiger partial charge < -0.3 is 15.8 Å². The number of aryl methyl sites for hydroxylation is 2. The van der Waals surface area contributed by atoms with Crippen molar-refractivity contribution in [2.24, 2.45) is 5.92 Å². The molecule has 0 aromatic heterocycles. The number of ether oxygens (including phenoxy) is 1. The lowest BCUT2D eigenvalue weighted by molar-refractivity contribution is -0.123. The molecule has 0 spiro atoms. The predicted molar refractivity (Wildman–Crippen MR) is 72.5 cm³/mol. The smallest absolute Gasteiger partial charge is 0.229 e. The summed E-state index contributed by atoms with van der Waals surface area (Å²) in [5.41, 5.74) is 9.44. The van der Waals surface area contributed by atoms with Gasteiger partial charge in [0, 0.05) is 18.0 Å². The molecule has 1 saturated heterocycles. The highest BCUT2D eigenvalue weighted by Crippen LogP contribution is 2.24. The first-order chi connectivity index (χ1) is 8.58. The van der Waals surface area contributed by atoms with Gasteiger partial charge in [-0.15, -0.1) is 0 Å². The molecule has 0 aliphatic carbocycles. The van der Waals surface area contributed by atoms with Gasteiger partial charge in [-0.1, -0.05) is 6.07 Å². The molecule has 4 nitrogen and oxygen atoms in total. The fourth-order valence-electron chi connectivity index (χ4n) is 2.19. The van der Waals surface area contributed by atoms with E-state index >= 15 is 0 Å². The molecule has 1 heterocycles. The van der Waals surface area contributed by atoms with Crippen LogP contribution in [0.5, 0.6) is 0 Å². The van der Waals surface area contributed by atoms with Crippen LogP contribution in [0.25, 0.3) is 0 Å². The highest BCUT2D eigenvalue weighted by Gasteiger charge is 2.22. The van der Waals surface area contributed by atoms with Gasteiger partial charge in [-0.2, -0.15) is 0 Å². The molecule has 4 heteroatoms. The zero-order valence-electron chi connectivity index (χ0n) is 11.0. The van der Waals surface area contributed by atoms with Crippen LogP contribution in [-0.4, -0.2) is 19.1 Å². The molecule has 1 unspecified atom stereocenters. The van der Waals surface area contributed by atoms with Crippen molar-refractivity contribution in [2.45, 2.75) is 26.7 Å². The molecule has 1 aromatic carbocycles. The summed E-state index contributed by atoms with van der Waals surface area (Å²) in [6, 6.07) is 3.81. The topological polar surface area (TPSA) is 64.3 Å². The van der Waals surface area contributed by atoms with Crippen molar-refractivity contribution in [3.05, 3.63) is 23.3 Å². The lowest BCUT2D eigenvalue weighted by atomic mass is 10.0. The van der Waals surface area contributed by atoms with E-state index in [2.05, 4.69) is 5.32 Å². The van der Waals surface area contributed by atoms with Crippen LogP contribution in [0.4, 0.5) is 11.4 Å². The summed E-state index contributed by atoms with van der Waals surface area (Å²) in [5, 5.41) is 2.95. The monoisotopic (exact) mass is 248 g/mol. The van der Waals surface area contributed by atoms with Crippen LogP contribution in [0.15, 0.2) is 12.1 Å². The van der Waals surface area contributed by atoms with Crippen LogP contribution in [0.2, 0.25) is 0 Å². The Bertz CT molecular complexity index is 451. The molecule has 3 N–H and O–H groups in total. The van der Waals surface area contributed by atoms with E-state index in [0.717, 1.165) is 36.3 Å². The Morgan fingerprint density at radius 1 is 1.39 bits per heavy atom. The summed E-state index contributed by atoms with van der Waals surface area (Å²) in [5.74, 6) is -0.0123. The van der Waals surface area contributed by atoms with Crippen molar-refractivity contribution in [2.75, 3.05) is 24.3 Å². The van der Waals surface area contributed by atoms with Crippen molar-refractivity contribution < 1.29 is 9.53 Å². The second-order valence-corrected chi connectivity index (χ2v) is 4.93. The Balaban J connectivity index is 2.08. The second kappa shape index (κ2) is 5.40. The van der Waals surface area contributed by atoms with Crippen LogP contribution >= 0.6 is 0 Å². The molecule has 1 fully saturated rings. The Labute approximate surface area is 108 Å². The number of hydrogen-bond donors (Lipinski definition) is 2. The minimum absolute atomic E-state index is 0.0288. The number of amides is 1. The van der Waals surface area contributed by atoms with E-state index in [1.54, 1.807) is 0 Å². The van der Waals surface area contributed by atoms with Crippen LogP contribution < -0.4 is 11.1 Å². The third-order valence-corrected chi connectivity index (χ3v) is 3.40. The Kier molecular flexibility index (Phi) is 3.87. The van der Waals surface area contributed by atoms with Crippen molar-refractivity contribution in [3.8, 4) is 0 Å². The zero-order valence-corrected chi connectivity index (χ0v) is 11.0. The quantitative estimate of drug-likeness (QED) is 0.789. The SMILES string of the molecule is Cc1cc(C)c(NC(=O)C2CCCOC2)cc1N. The number of anilines is 2. The van der Waals surface area contributed by atoms with Gasteiger partial charge in [0.2, 0.25) is 5.91 Å². The number of benzene rings is 1. The van der Waals surface area contributed by atoms with Gasteiger partial charge in [0.1, 0.15) is 0 Å². The summed E-state index contributed by atoms with van der Waals surface area (Å²) >= 11 is 0. The third kappa shape index (κ3) is 2.82. The Hall–Kier alpha value is -1.55. The maximum absolute atomic E-state index is 12.1. The number of nitrogen functional groups attached to an aromatic ring is 1. The number of nitrogens with one attached hydrogen (secondary N) is 1. The molecular formula is C14H20N2O2. The number of nitrogens with two attached hydrogens (primary N) is 1. The second-order valence-electron chi connectivity index (χ2n) is 4.93. The summed E-state index contributed by atoms with van der Waals surface area (Å²) in [7, 11) is 0. The summed E-state index contributed by atoms with van der Waals surface area (Å²) in [6.07, 6.45) is 1.85. The first-order valence-electron chi connectivity index (χ1n) is 6.33. The van der Waals surface area contributed by atoms with Gasteiger partial charge in [0.15, 0.2) is 0 Å². The standard InChI is InChI=1S/C14H20N2O2/c1-9-6-10(2)13(7-12(9)15)16-14(17)11-4-3-5-18-8-11/h6-7,11H,3-5,8,15H2,1-2H3,(H,16,17). The largest absolute Gasteiger partial charge is 0.398 e. The summed E-state index contributed by atoms with van der Waals surface area (Å²) < 4.78 is 5.33.